The zero-order valence-corrected chi connectivity index (χ0v) is 11.6. The van der Waals surface area contributed by atoms with Gasteiger partial charge in [-0.25, -0.2) is 0 Å². The fourth-order valence-corrected chi connectivity index (χ4v) is 2.33. The summed E-state index contributed by atoms with van der Waals surface area (Å²) in [7, 11) is 0. The lowest BCUT2D eigenvalue weighted by Crippen LogP contribution is -2.12. The van der Waals surface area contributed by atoms with E-state index >= 15 is 0 Å². The molecule has 2 aromatic carbocycles. The Morgan fingerprint density at radius 2 is 1.67 bits per heavy atom. The van der Waals surface area contributed by atoms with Crippen LogP contribution >= 0.6 is 11.6 Å². The van der Waals surface area contributed by atoms with E-state index < -0.39 is 5.56 Å². The first-order valence-electron chi connectivity index (χ1n) is 6.30. The van der Waals surface area contributed by atoms with Crippen molar-refractivity contribution in [2.24, 2.45) is 0 Å². The van der Waals surface area contributed by atoms with Crippen molar-refractivity contribution >= 4 is 11.6 Å². The van der Waals surface area contributed by atoms with E-state index in [1.807, 2.05) is 6.07 Å². The molecule has 1 heterocycles. The van der Waals surface area contributed by atoms with Gasteiger partial charge in [-0.3, -0.25) is 4.79 Å². The largest absolute Gasteiger partial charge is 0.493 e. The van der Waals surface area contributed by atoms with Gasteiger partial charge in [-0.1, -0.05) is 54.1 Å². The Morgan fingerprint density at radius 1 is 1.00 bits per heavy atom. The Labute approximate surface area is 125 Å². The van der Waals surface area contributed by atoms with E-state index in [4.69, 9.17) is 11.6 Å². The van der Waals surface area contributed by atoms with Gasteiger partial charge in [-0.2, -0.15) is 4.98 Å². The van der Waals surface area contributed by atoms with Gasteiger partial charge in [0.1, 0.15) is 11.4 Å². The van der Waals surface area contributed by atoms with Crippen molar-refractivity contribution in [3.8, 4) is 28.4 Å². The monoisotopic (exact) mass is 298 g/mol. The molecular formula is C16H11ClN2O2. The van der Waals surface area contributed by atoms with Gasteiger partial charge >= 0.3 is 0 Å². The normalized spacial score (nSPS) is 10.5. The third kappa shape index (κ3) is 2.53. The number of hydrogen-bond acceptors (Lipinski definition) is 3. The van der Waals surface area contributed by atoms with Gasteiger partial charge in [-0.05, 0) is 17.7 Å². The van der Waals surface area contributed by atoms with E-state index in [1.165, 1.54) is 0 Å². The van der Waals surface area contributed by atoms with Crippen molar-refractivity contribution in [2.45, 2.75) is 0 Å². The Bertz CT molecular complexity index is 844. The summed E-state index contributed by atoms with van der Waals surface area (Å²) in [6.45, 7) is 0. The molecule has 0 aliphatic heterocycles. The predicted molar refractivity (Wildman–Crippen MR) is 82.4 cm³/mol. The maximum atomic E-state index is 12.2. The summed E-state index contributed by atoms with van der Waals surface area (Å²) < 4.78 is 0. The Kier molecular flexibility index (Phi) is 3.46. The zero-order chi connectivity index (χ0) is 14.8. The van der Waals surface area contributed by atoms with Gasteiger partial charge in [0.25, 0.3) is 5.56 Å². The third-order valence-corrected chi connectivity index (χ3v) is 3.42. The summed E-state index contributed by atoms with van der Waals surface area (Å²) in [6, 6.07) is 15.9. The summed E-state index contributed by atoms with van der Waals surface area (Å²) in [5.74, 6) is -0.0809. The van der Waals surface area contributed by atoms with E-state index in [9.17, 15) is 9.90 Å². The summed E-state index contributed by atoms with van der Waals surface area (Å²) in [5.41, 5.74) is 0.899. The number of nitrogens with one attached hydrogen (secondary N) is 1. The Balaban J connectivity index is 2.18. The first kappa shape index (κ1) is 13.4. The average molecular weight is 299 g/mol. The minimum absolute atomic E-state index is 0.145. The Morgan fingerprint density at radius 3 is 2.33 bits per heavy atom. The van der Waals surface area contributed by atoms with Crippen LogP contribution in [-0.4, -0.2) is 15.1 Å². The molecule has 0 saturated carbocycles. The highest BCUT2D eigenvalue weighted by Crippen LogP contribution is 2.28. The van der Waals surface area contributed by atoms with Crippen LogP contribution in [-0.2, 0) is 0 Å². The smallest absolute Gasteiger partial charge is 0.262 e. The highest BCUT2D eigenvalue weighted by molar-refractivity contribution is 6.33. The first-order valence-corrected chi connectivity index (χ1v) is 6.68. The van der Waals surface area contributed by atoms with Crippen LogP contribution in [0.1, 0.15) is 0 Å². The van der Waals surface area contributed by atoms with E-state index in [-0.39, 0.29) is 17.3 Å². The molecule has 0 aliphatic carbocycles. The van der Waals surface area contributed by atoms with Crippen LogP contribution in [0.3, 0.4) is 0 Å². The standard InChI is InChI=1S/C16H11ClN2O2/c17-12-9-5-4-8-11(12)14-18-15(20)13(16(21)19-14)10-6-2-1-3-7-10/h1-9H,(H2,18,19,20,21). The first-order chi connectivity index (χ1) is 10.2. The highest BCUT2D eigenvalue weighted by Gasteiger charge is 2.14. The number of nitrogens with zero attached hydrogens (tertiary/aromatic N) is 1. The van der Waals surface area contributed by atoms with Gasteiger partial charge in [0.2, 0.25) is 5.88 Å². The molecule has 0 bridgehead atoms. The lowest BCUT2D eigenvalue weighted by molar-refractivity contribution is 0.454. The molecule has 4 nitrogen and oxygen atoms in total. The molecule has 104 valence electrons. The maximum Gasteiger partial charge on any atom is 0.262 e. The van der Waals surface area contributed by atoms with Crippen molar-refractivity contribution < 1.29 is 5.11 Å². The van der Waals surface area contributed by atoms with Crippen molar-refractivity contribution in [2.75, 3.05) is 0 Å². The number of aromatic nitrogens is 2. The van der Waals surface area contributed by atoms with Crippen LogP contribution in [0.5, 0.6) is 5.88 Å². The number of benzene rings is 2. The lowest BCUT2D eigenvalue weighted by Gasteiger charge is -2.07. The highest BCUT2D eigenvalue weighted by atomic mass is 35.5. The lowest BCUT2D eigenvalue weighted by atomic mass is 10.1. The third-order valence-electron chi connectivity index (χ3n) is 3.09. The van der Waals surface area contributed by atoms with E-state index in [0.29, 0.717) is 16.1 Å². The van der Waals surface area contributed by atoms with Gasteiger partial charge in [-0.15, -0.1) is 0 Å². The topological polar surface area (TPSA) is 66.0 Å². The second-order valence-corrected chi connectivity index (χ2v) is 4.87. The number of aromatic hydroxyl groups is 1. The van der Waals surface area contributed by atoms with E-state index in [2.05, 4.69) is 9.97 Å². The van der Waals surface area contributed by atoms with Crippen molar-refractivity contribution in [3.63, 3.8) is 0 Å². The molecule has 3 rings (SSSR count). The van der Waals surface area contributed by atoms with Crippen LogP contribution in [0, 0.1) is 0 Å². The van der Waals surface area contributed by atoms with Crippen LogP contribution in [0.15, 0.2) is 59.4 Å². The minimum Gasteiger partial charge on any atom is -0.493 e. The fourth-order valence-electron chi connectivity index (χ4n) is 2.11. The summed E-state index contributed by atoms with van der Waals surface area (Å²) in [6.07, 6.45) is 0. The number of H-pyrrole nitrogens is 1. The van der Waals surface area contributed by atoms with Crippen molar-refractivity contribution in [1.29, 1.82) is 0 Å². The molecule has 0 aliphatic rings. The number of hydrogen-bond donors (Lipinski definition) is 2. The molecule has 0 unspecified atom stereocenters. The second kappa shape index (κ2) is 5.42. The molecule has 0 atom stereocenters. The van der Waals surface area contributed by atoms with Crippen LogP contribution < -0.4 is 5.56 Å². The summed E-state index contributed by atoms with van der Waals surface area (Å²) >= 11 is 6.08. The zero-order valence-electron chi connectivity index (χ0n) is 10.9. The predicted octanol–water partition coefficient (Wildman–Crippen LogP) is 3.46. The van der Waals surface area contributed by atoms with E-state index in [1.54, 1.807) is 48.5 Å². The molecule has 0 saturated heterocycles. The van der Waals surface area contributed by atoms with E-state index in [0.717, 1.165) is 0 Å². The molecule has 0 fully saturated rings. The number of halogens is 1. The minimum atomic E-state index is -0.413. The molecule has 21 heavy (non-hydrogen) atoms. The number of rotatable bonds is 2. The quantitative estimate of drug-likeness (QED) is 0.761. The maximum absolute atomic E-state index is 12.2. The Hall–Kier alpha value is -2.59. The summed E-state index contributed by atoms with van der Waals surface area (Å²) in [5, 5.41) is 10.6. The molecule has 2 N–H and O–H groups in total. The second-order valence-electron chi connectivity index (χ2n) is 4.46. The van der Waals surface area contributed by atoms with Crippen LogP contribution in [0.4, 0.5) is 0 Å². The molecule has 0 amide bonds. The van der Waals surface area contributed by atoms with Gasteiger partial charge in [0, 0.05) is 5.56 Å². The van der Waals surface area contributed by atoms with Crippen LogP contribution in [0.25, 0.3) is 22.5 Å². The average Bonchev–Trinajstić information content (AvgIpc) is 2.48. The molecule has 0 radical (unpaired) electrons. The molecule has 1 aromatic heterocycles. The molecule has 0 spiro atoms. The molecule has 5 heteroatoms. The number of aromatic amines is 1. The van der Waals surface area contributed by atoms with Crippen LogP contribution in [0.2, 0.25) is 5.02 Å². The summed E-state index contributed by atoms with van der Waals surface area (Å²) in [4.78, 5) is 19.0. The SMILES string of the molecule is O=c1[nH]c(-c2ccccc2Cl)nc(O)c1-c1ccccc1. The van der Waals surface area contributed by atoms with Gasteiger partial charge in [0.05, 0.1) is 5.02 Å². The molecule has 3 aromatic rings. The van der Waals surface area contributed by atoms with Crippen molar-refractivity contribution in [3.05, 3.63) is 70.0 Å². The fraction of sp³-hybridized carbons (Fsp3) is 0. The molecular weight excluding hydrogens is 288 g/mol. The van der Waals surface area contributed by atoms with Gasteiger partial charge < -0.3 is 10.1 Å². The van der Waals surface area contributed by atoms with Gasteiger partial charge in [0.15, 0.2) is 0 Å². The van der Waals surface area contributed by atoms with Crippen molar-refractivity contribution in [1.82, 2.24) is 9.97 Å².